The van der Waals surface area contributed by atoms with E-state index in [1.807, 2.05) is 41.8 Å². The lowest BCUT2D eigenvalue weighted by molar-refractivity contribution is 0.102. The van der Waals surface area contributed by atoms with Gasteiger partial charge in [-0.3, -0.25) is 9.78 Å². The number of aromatic nitrogens is 2. The number of nitrogens with one attached hydrogen (secondary N) is 1. The summed E-state index contributed by atoms with van der Waals surface area (Å²) in [4.78, 5) is 21.8. The number of hydrogen-bond donors (Lipinski definition) is 1. The SMILES string of the molecule is COc1c(Cl)ccc(Cl)c1C(=O)Nc1cccc(-c2csc(-c3ccccn3)n2)c1. The molecule has 0 saturated heterocycles. The summed E-state index contributed by atoms with van der Waals surface area (Å²) >= 11 is 13.9. The minimum Gasteiger partial charge on any atom is -0.494 e. The van der Waals surface area contributed by atoms with E-state index in [9.17, 15) is 4.79 Å². The Balaban J connectivity index is 1.60. The van der Waals surface area contributed by atoms with Crippen molar-refractivity contribution in [2.75, 3.05) is 12.4 Å². The highest BCUT2D eigenvalue weighted by Crippen LogP contribution is 2.35. The number of pyridine rings is 1. The molecule has 0 saturated carbocycles. The van der Waals surface area contributed by atoms with E-state index < -0.39 is 5.91 Å². The van der Waals surface area contributed by atoms with Crippen LogP contribution in [0.3, 0.4) is 0 Å². The molecule has 0 bridgehead atoms. The van der Waals surface area contributed by atoms with E-state index in [1.165, 1.54) is 18.4 Å². The van der Waals surface area contributed by atoms with Crippen molar-refractivity contribution in [2.45, 2.75) is 0 Å². The first-order valence-electron chi connectivity index (χ1n) is 8.87. The second kappa shape index (κ2) is 8.83. The van der Waals surface area contributed by atoms with Crippen LogP contribution in [0.25, 0.3) is 22.0 Å². The molecular weight excluding hydrogens is 441 g/mol. The molecule has 2 heterocycles. The van der Waals surface area contributed by atoms with Crippen LogP contribution in [0.2, 0.25) is 10.0 Å². The standard InChI is InChI=1S/C22H15Cl2N3O2S/c1-29-20-16(24)9-8-15(23)19(20)21(28)26-14-6-4-5-13(11-14)18-12-30-22(27-18)17-7-2-3-10-25-17/h2-12H,1H3,(H,26,28). The number of carbonyl (C=O) groups excluding carboxylic acids is 1. The molecule has 2 aromatic heterocycles. The zero-order valence-corrected chi connectivity index (χ0v) is 18.1. The van der Waals surface area contributed by atoms with Gasteiger partial charge in [-0.25, -0.2) is 4.98 Å². The van der Waals surface area contributed by atoms with Crippen molar-refractivity contribution in [1.29, 1.82) is 0 Å². The van der Waals surface area contributed by atoms with Gasteiger partial charge in [-0.05, 0) is 36.4 Å². The van der Waals surface area contributed by atoms with Crippen molar-refractivity contribution < 1.29 is 9.53 Å². The molecule has 30 heavy (non-hydrogen) atoms. The van der Waals surface area contributed by atoms with Gasteiger partial charge in [0.25, 0.3) is 5.91 Å². The van der Waals surface area contributed by atoms with Crippen molar-refractivity contribution in [3.63, 3.8) is 0 Å². The summed E-state index contributed by atoms with van der Waals surface area (Å²) in [5, 5.41) is 6.20. The molecule has 1 amide bonds. The van der Waals surface area contributed by atoms with Crippen molar-refractivity contribution in [1.82, 2.24) is 9.97 Å². The second-order valence-corrected chi connectivity index (χ2v) is 7.90. The summed E-state index contributed by atoms with van der Waals surface area (Å²) in [6.07, 6.45) is 1.74. The Labute approximate surface area is 187 Å². The minimum atomic E-state index is -0.413. The maximum absolute atomic E-state index is 12.8. The second-order valence-electron chi connectivity index (χ2n) is 6.23. The van der Waals surface area contributed by atoms with E-state index in [4.69, 9.17) is 27.9 Å². The third-order valence-electron chi connectivity index (χ3n) is 4.29. The first-order chi connectivity index (χ1) is 14.6. The summed E-state index contributed by atoms with van der Waals surface area (Å²) < 4.78 is 5.26. The van der Waals surface area contributed by atoms with Gasteiger partial charge < -0.3 is 10.1 Å². The van der Waals surface area contributed by atoms with Gasteiger partial charge in [-0.1, -0.05) is 41.4 Å². The molecule has 0 aliphatic rings. The number of carbonyl (C=O) groups is 1. The fraction of sp³-hybridized carbons (Fsp3) is 0.0455. The molecule has 1 N–H and O–H groups in total. The molecule has 4 rings (SSSR count). The van der Waals surface area contributed by atoms with E-state index in [-0.39, 0.29) is 16.3 Å². The molecule has 150 valence electrons. The minimum absolute atomic E-state index is 0.183. The van der Waals surface area contributed by atoms with Gasteiger partial charge in [0.15, 0.2) is 5.75 Å². The number of nitrogens with zero attached hydrogens (tertiary/aromatic N) is 2. The summed E-state index contributed by atoms with van der Waals surface area (Å²) in [5.41, 5.74) is 3.28. The summed E-state index contributed by atoms with van der Waals surface area (Å²) in [6, 6.07) is 16.3. The highest BCUT2D eigenvalue weighted by atomic mass is 35.5. The zero-order valence-electron chi connectivity index (χ0n) is 15.7. The first kappa shape index (κ1) is 20.3. The monoisotopic (exact) mass is 455 g/mol. The Morgan fingerprint density at radius 2 is 1.87 bits per heavy atom. The third kappa shape index (κ3) is 4.16. The third-order valence-corrected chi connectivity index (χ3v) is 5.77. The quantitative estimate of drug-likeness (QED) is 0.375. The molecule has 5 nitrogen and oxygen atoms in total. The largest absolute Gasteiger partial charge is 0.494 e. The zero-order chi connectivity index (χ0) is 21.1. The molecule has 0 radical (unpaired) electrons. The lowest BCUT2D eigenvalue weighted by Crippen LogP contribution is -2.14. The average molecular weight is 456 g/mol. The van der Waals surface area contributed by atoms with Gasteiger partial charge in [-0.2, -0.15) is 0 Å². The van der Waals surface area contributed by atoms with Crippen molar-refractivity contribution in [2.24, 2.45) is 0 Å². The number of halogens is 2. The van der Waals surface area contributed by atoms with Gasteiger partial charge in [0.2, 0.25) is 0 Å². The summed E-state index contributed by atoms with van der Waals surface area (Å²) in [6.45, 7) is 0. The Kier molecular flexibility index (Phi) is 5.99. The van der Waals surface area contributed by atoms with Gasteiger partial charge in [-0.15, -0.1) is 11.3 Å². The van der Waals surface area contributed by atoms with Crippen LogP contribution >= 0.6 is 34.5 Å². The molecule has 0 spiro atoms. The molecule has 0 unspecified atom stereocenters. The predicted molar refractivity (Wildman–Crippen MR) is 122 cm³/mol. The van der Waals surface area contributed by atoms with Crippen molar-refractivity contribution >= 4 is 46.1 Å². The Bertz CT molecular complexity index is 1210. The number of methoxy groups -OCH3 is 1. The van der Waals surface area contributed by atoms with Crippen LogP contribution < -0.4 is 10.1 Å². The van der Waals surface area contributed by atoms with Gasteiger partial charge in [0, 0.05) is 22.8 Å². The van der Waals surface area contributed by atoms with E-state index in [0.29, 0.717) is 10.7 Å². The number of rotatable bonds is 5. The number of amides is 1. The molecule has 0 fully saturated rings. The average Bonchev–Trinajstić information content (AvgIpc) is 3.26. The molecule has 8 heteroatoms. The van der Waals surface area contributed by atoms with E-state index in [2.05, 4.69) is 15.3 Å². The lowest BCUT2D eigenvalue weighted by atomic mass is 10.1. The smallest absolute Gasteiger partial charge is 0.261 e. The number of anilines is 1. The topological polar surface area (TPSA) is 64.1 Å². The Hall–Kier alpha value is -2.93. The predicted octanol–water partition coefficient (Wildman–Crippen LogP) is 6.44. The van der Waals surface area contributed by atoms with E-state index in [0.717, 1.165) is 22.0 Å². The highest BCUT2D eigenvalue weighted by Gasteiger charge is 2.20. The fourth-order valence-electron chi connectivity index (χ4n) is 2.91. The lowest BCUT2D eigenvalue weighted by Gasteiger charge is -2.12. The molecule has 2 aromatic carbocycles. The van der Waals surface area contributed by atoms with Gasteiger partial charge >= 0.3 is 0 Å². The molecule has 0 aliphatic carbocycles. The van der Waals surface area contributed by atoms with E-state index in [1.54, 1.807) is 24.4 Å². The Morgan fingerprint density at radius 1 is 1.03 bits per heavy atom. The normalized spacial score (nSPS) is 10.6. The number of thiazole rings is 1. The molecular formula is C22H15Cl2N3O2S. The van der Waals surface area contributed by atoms with Gasteiger partial charge in [0.1, 0.15) is 10.6 Å². The van der Waals surface area contributed by atoms with Crippen LogP contribution in [0.15, 0.2) is 66.2 Å². The van der Waals surface area contributed by atoms with Crippen LogP contribution in [0, 0.1) is 0 Å². The van der Waals surface area contributed by atoms with Gasteiger partial charge in [0.05, 0.1) is 28.5 Å². The van der Waals surface area contributed by atoms with E-state index >= 15 is 0 Å². The van der Waals surface area contributed by atoms with Crippen LogP contribution in [-0.2, 0) is 0 Å². The van der Waals surface area contributed by atoms with Crippen LogP contribution in [0.5, 0.6) is 5.75 Å². The maximum atomic E-state index is 12.8. The number of ether oxygens (including phenoxy) is 1. The van der Waals surface area contributed by atoms with Crippen LogP contribution in [0.4, 0.5) is 5.69 Å². The van der Waals surface area contributed by atoms with Crippen molar-refractivity contribution in [3.05, 3.63) is 81.8 Å². The number of hydrogen-bond acceptors (Lipinski definition) is 5. The van der Waals surface area contributed by atoms with Crippen LogP contribution in [-0.4, -0.2) is 23.0 Å². The summed E-state index contributed by atoms with van der Waals surface area (Å²) in [5.74, 6) is -0.179. The molecule has 0 aliphatic heterocycles. The Morgan fingerprint density at radius 3 is 2.63 bits per heavy atom. The fourth-order valence-corrected chi connectivity index (χ4v) is 4.18. The number of benzene rings is 2. The summed E-state index contributed by atoms with van der Waals surface area (Å²) in [7, 11) is 1.44. The maximum Gasteiger partial charge on any atom is 0.261 e. The highest BCUT2D eigenvalue weighted by molar-refractivity contribution is 7.13. The van der Waals surface area contributed by atoms with Crippen molar-refractivity contribution in [3.8, 4) is 27.7 Å². The first-order valence-corrected chi connectivity index (χ1v) is 10.5. The molecule has 0 atom stereocenters. The molecule has 4 aromatic rings. The van der Waals surface area contributed by atoms with Crippen LogP contribution in [0.1, 0.15) is 10.4 Å².